The predicted molar refractivity (Wildman–Crippen MR) is 167 cm³/mol. The number of ether oxygens (including phenoxy) is 1. The van der Waals surface area contributed by atoms with Crippen LogP contribution in [0.5, 0.6) is 5.75 Å². The lowest BCUT2D eigenvalue weighted by atomic mass is 10.00. The minimum atomic E-state index is -4.46. The first-order valence-electron chi connectivity index (χ1n) is 14.6. The van der Waals surface area contributed by atoms with Crippen molar-refractivity contribution in [1.82, 2.24) is 10.6 Å². The molecule has 1 aliphatic heterocycles. The van der Waals surface area contributed by atoms with E-state index in [4.69, 9.17) is 4.74 Å². The first-order valence-corrected chi connectivity index (χ1v) is 16.2. The van der Waals surface area contributed by atoms with E-state index in [2.05, 4.69) is 10.6 Å². The van der Waals surface area contributed by atoms with Gasteiger partial charge in [-0.15, -0.1) is 10.8 Å². The minimum Gasteiger partial charge on any atom is -0.491 e. The molecule has 1 aliphatic rings. The number of aliphatic hydroxyl groups excluding tert-OH is 1. The van der Waals surface area contributed by atoms with Gasteiger partial charge in [0, 0.05) is 31.3 Å². The number of carbonyl (C=O) groups excluding carboxylic acids is 1. The van der Waals surface area contributed by atoms with Crippen LogP contribution in [-0.4, -0.2) is 57.2 Å². The standard InChI is InChI=1S/C32H40F3N3O5S/c1-22(2)43-28-18-25(17-27(19-28)38-13-6-7-14-44(38,41)42)31(40)37-29(16-23-9-4-3-5-10-23)30(39)21-36-20-24-11-8-12-26(15-24)32(33,34)35/h3-5,8-12,15,17-19,22,29-30,36,39,41-42H,6-7,13-14,16,20-21H2,1-2H3,(H,37,40). The molecular weight excluding hydrogens is 595 g/mol. The smallest absolute Gasteiger partial charge is 0.416 e. The highest BCUT2D eigenvalue weighted by atomic mass is 32.3. The van der Waals surface area contributed by atoms with Crippen LogP contribution in [0.4, 0.5) is 18.9 Å². The molecule has 0 radical (unpaired) electrons. The van der Waals surface area contributed by atoms with Crippen LogP contribution in [0.25, 0.3) is 0 Å². The maximum Gasteiger partial charge on any atom is 0.416 e. The van der Waals surface area contributed by atoms with Crippen molar-refractivity contribution in [2.45, 2.75) is 64.1 Å². The molecule has 1 saturated heterocycles. The Morgan fingerprint density at radius 2 is 1.73 bits per heavy atom. The Morgan fingerprint density at radius 3 is 2.41 bits per heavy atom. The lowest BCUT2D eigenvalue weighted by Gasteiger charge is -2.47. The molecule has 3 aromatic carbocycles. The van der Waals surface area contributed by atoms with Crippen LogP contribution in [0.3, 0.4) is 0 Å². The molecule has 3 aromatic rings. The van der Waals surface area contributed by atoms with E-state index >= 15 is 0 Å². The third-order valence-corrected chi connectivity index (χ3v) is 9.15. The van der Waals surface area contributed by atoms with Gasteiger partial charge in [0.05, 0.1) is 35.3 Å². The molecule has 8 nitrogen and oxygen atoms in total. The van der Waals surface area contributed by atoms with Gasteiger partial charge in [0.1, 0.15) is 5.75 Å². The number of amides is 1. The highest BCUT2D eigenvalue weighted by Crippen LogP contribution is 2.50. The fourth-order valence-corrected chi connectivity index (χ4v) is 6.75. The molecular formula is C32H40F3N3O5S. The Balaban J connectivity index is 1.53. The van der Waals surface area contributed by atoms with E-state index in [-0.39, 0.29) is 30.5 Å². The number of nitrogens with zero attached hydrogens (tertiary/aromatic N) is 1. The average Bonchev–Trinajstić information content (AvgIpc) is 2.96. The van der Waals surface area contributed by atoms with E-state index in [9.17, 15) is 32.2 Å². The molecule has 4 rings (SSSR count). The largest absolute Gasteiger partial charge is 0.491 e. The van der Waals surface area contributed by atoms with Gasteiger partial charge in [-0.2, -0.15) is 13.2 Å². The Morgan fingerprint density at radius 1 is 1.00 bits per heavy atom. The first kappa shape index (κ1) is 33.6. The molecule has 240 valence electrons. The Hall–Kier alpha value is -3.29. The number of aliphatic hydroxyl groups is 1. The fraction of sp³-hybridized carbons (Fsp3) is 0.406. The zero-order chi connectivity index (χ0) is 31.9. The van der Waals surface area contributed by atoms with Gasteiger partial charge < -0.3 is 20.5 Å². The van der Waals surface area contributed by atoms with E-state index in [1.165, 1.54) is 10.4 Å². The summed E-state index contributed by atoms with van der Waals surface area (Å²) in [6, 6.07) is 18.4. The van der Waals surface area contributed by atoms with Gasteiger partial charge in [-0.05, 0) is 62.4 Å². The second kappa shape index (κ2) is 14.7. The Kier molecular flexibility index (Phi) is 11.2. The molecule has 5 N–H and O–H groups in total. The number of hydrogen-bond donors (Lipinski definition) is 5. The van der Waals surface area contributed by atoms with Crippen LogP contribution in [0.15, 0.2) is 72.8 Å². The molecule has 0 spiro atoms. The molecule has 0 saturated carbocycles. The molecule has 2 atom stereocenters. The number of carbonyl (C=O) groups is 1. The average molecular weight is 636 g/mol. The van der Waals surface area contributed by atoms with Crippen LogP contribution in [-0.2, 0) is 19.1 Å². The summed E-state index contributed by atoms with van der Waals surface area (Å²) >= 11 is 0. The first-order chi connectivity index (χ1) is 20.8. The van der Waals surface area contributed by atoms with Crippen LogP contribution >= 0.6 is 10.8 Å². The highest BCUT2D eigenvalue weighted by molar-refractivity contribution is 8.25. The number of hydrogen-bond acceptors (Lipinski definition) is 7. The van der Waals surface area contributed by atoms with Gasteiger partial charge in [0.2, 0.25) is 0 Å². The molecule has 44 heavy (non-hydrogen) atoms. The van der Waals surface area contributed by atoms with Crippen LogP contribution in [0, 0.1) is 0 Å². The quantitative estimate of drug-likeness (QED) is 0.160. The second-order valence-corrected chi connectivity index (χ2v) is 13.3. The summed E-state index contributed by atoms with van der Waals surface area (Å²) in [5.74, 6) is 0.140. The van der Waals surface area contributed by atoms with Gasteiger partial charge in [0.15, 0.2) is 0 Å². The Labute approximate surface area is 257 Å². The molecule has 0 bridgehead atoms. The molecule has 12 heteroatoms. The third kappa shape index (κ3) is 9.35. The molecule has 2 unspecified atom stereocenters. The van der Waals surface area contributed by atoms with Crippen molar-refractivity contribution in [2.24, 2.45) is 0 Å². The third-order valence-electron chi connectivity index (χ3n) is 7.21. The number of rotatable bonds is 12. The highest BCUT2D eigenvalue weighted by Gasteiger charge is 2.31. The predicted octanol–water partition coefficient (Wildman–Crippen LogP) is 6.25. The summed E-state index contributed by atoms with van der Waals surface area (Å²) < 4.78 is 68.2. The van der Waals surface area contributed by atoms with Gasteiger partial charge in [-0.3, -0.25) is 18.2 Å². The SMILES string of the molecule is CC(C)Oc1cc(C(=O)NC(Cc2ccccc2)C(O)CNCc2cccc(C(F)(F)F)c2)cc(N2CCCCS2(O)O)c1. The van der Waals surface area contributed by atoms with Crippen molar-refractivity contribution in [3.63, 3.8) is 0 Å². The van der Waals surface area contributed by atoms with E-state index in [0.29, 0.717) is 36.4 Å². The van der Waals surface area contributed by atoms with Gasteiger partial charge in [-0.25, -0.2) is 0 Å². The Bertz CT molecular complexity index is 1390. The molecule has 0 aromatic heterocycles. The monoisotopic (exact) mass is 635 g/mol. The van der Waals surface area contributed by atoms with Crippen molar-refractivity contribution in [2.75, 3.05) is 23.1 Å². The number of anilines is 1. The van der Waals surface area contributed by atoms with Crippen molar-refractivity contribution in [3.05, 3.63) is 95.1 Å². The lowest BCUT2D eigenvalue weighted by molar-refractivity contribution is -0.137. The van der Waals surface area contributed by atoms with E-state index in [1.807, 2.05) is 44.2 Å². The number of alkyl halides is 3. The zero-order valence-corrected chi connectivity index (χ0v) is 25.6. The topological polar surface area (TPSA) is 114 Å². The van der Waals surface area contributed by atoms with Crippen LogP contribution in [0.2, 0.25) is 0 Å². The van der Waals surface area contributed by atoms with Crippen LogP contribution in [0.1, 0.15) is 53.7 Å². The zero-order valence-electron chi connectivity index (χ0n) is 24.8. The molecule has 1 heterocycles. The van der Waals surface area contributed by atoms with Crippen molar-refractivity contribution in [1.29, 1.82) is 0 Å². The van der Waals surface area contributed by atoms with E-state index < -0.39 is 40.6 Å². The van der Waals surface area contributed by atoms with Crippen LogP contribution < -0.4 is 19.7 Å². The second-order valence-electron chi connectivity index (χ2n) is 11.2. The fourth-order valence-electron chi connectivity index (χ4n) is 5.07. The summed E-state index contributed by atoms with van der Waals surface area (Å²) in [5.41, 5.74) is 1.21. The van der Waals surface area contributed by atoms with Crippen molar-refractivity contribution < 1.29 is 36.9 Å². The summed E-state index contributed by atoms with van der Waals surface area (Å²) in [4.78, 5) is 13.7. The number of benzene rings is 3. The normalized spacial score (nSPS) is 17.2. The van der Waals surface area contributed by atoms with E-state index in [1.54, 1.807) is 24.3 Å². The number of nitrogens with one attached hydrogen (secondary N) is 2. The summed E-state index contributed by atoms with van der Waals surface area (Å²) in [6.07, 6.45) is -3.99. The summed E-state index contributed by atoms with van der Waals surface area (Å²) in [6.45, 7) is 4.21. The van der Waals surface area contributed by atoms with Crippen molar-refractivity contribution >= 4 is 22.4 Å². The minimum absolute atomic E-state index is 0.00442. The van der Waals surface area contributed by atoms with Gasteiger partial charge in [-0.1, -0.05) is 48.5 Å². The maximum atomic E-state index is 13.7. The van der Waals surface area contributed by atoms with Crippen molar-refractivity contribution in [3.8, 4) is 5.75 Å². The lowest BCUT2D eigenvalue weighted by Crippen LogP contribution is -2.48. The van der Waals surface area contributed by atoms with E-state index in [0.717, 1.165) is 24.1 Å². The molecule has 0 aliphatic carbocycles. The molecule has 1 amide bonds. The maximum absolute atomic E-state index is 13.7. The van der Waals surface area contributed by atoms with Gasteiger partial charge in [0.25, 0.3) is 5.91 Å². The number of halogens is 3. The van der Waals surface area contributed by atoms with Gasteiger partial charge >= 0.3 is 6.18 Å². The summed E-state index contributed by atoms with van der Waals surface area (Å²) in [5, 5.41) is 17.1. The summed E-state index contributed by atoms with van der Waals surface area (Å²) in [7, 11) is -3.05. The molecule has 1 fully saturated rings.